The van der Waals surface area contributed by atoms with Crippen molar-refractivity contribution >= 4 is 13.7 Å². The van der Waals surface area contributed by atoms with Crippen LogP contribution in [-0.2, 0) is 18.9 Å². The molecule has 0 fully saturated rings. The summed E-state index contributed by atoms with van der Waals surface area (Å²) < 4.78 is 11.3. The minimum absolute atomic E-state index is 0.409. The Morgan fingerprint density at radius 2 is 1.15 bits per heavy atom. The monoisotopic (exact) mass is 298 g/mol. The summed E-state index contributed by atoms with van der Waals surface area (Å²) >= 11 is 0. The summed E-state index contributed by atoms with van der Waals surface area (Å²) in [5.41, 5.74) is -0.817. The van der Waals surface area contributed by atoms with Gasteiger partial charge in [0.2, 0.25) is 0 Å². The summed E-state index contributed by atoms with van der Waals surface area (Å²) in [5.74, 6) is 0. The van der Waals surface area contributed by atoms with E-state index in [0.717, 1.165) is 5.19 Å². The fraction of sp³-hybridized carbons (Fsp3) is 0.600. The summed E-state index contributed by atoms with van der Waals surface area (Å²) in [6.07, 6.45) is 0. The van der Waals surface area contributed by atoms with Crippen LogP contribution in [0.1, 0.15) is 41.5 Å². The van der Waals surface area contributed by atoms with E-state index in [9.17, 15) is 0 Å². The van der Waals surface area contributed by atoms with Crippen molar-refractivity contribution in [1.82, 2.24) is 0 Å². The first-order chi connectivity index (χ1) is 9.02. The van der Waals surface area contributed by atoms with Crippen LogP contribution in [0.15, 0.2) is 30.3 Å². The predicted molar refractivity (Wildman–Crippen MR) is 81.5 cm³/mol. The zero-order valence-corrected chi connectivity index (χ0v) is 14.5. The smallest absolute Gasteiger partial charge is 0.242 e. The molecule has 0 radical (unpaired) electrons. The molecule has 5 heteroatoms. The first kappa shape index (κ1) is 17.3. The molecule has 1 aromatic carbocycles. The van der Waals surface area contributed by atoms with Crippen LogP contribution in [0, 0.1) is 0 Å². The van der Waals surface area contributed by atoms with Gasteiger partial charge in [-0.1, -0.05) is 30.3 Å². The van der Waals surface area contributed by atoms with E-state index in [0.29, 0.717) is 0 Å². The molecular formula is C15H26O4Si. The third-order valence-corrected chi connectivity index (χ3v) is 4.38. The van der Waals surface area contributed by atoms with Crippen LogP contribution in [0.2, 0.25) is 6.55 Å². The van der Waals surface area contributed by atoms with Gasteiger partial charge in [0.05, 0.1) is 11.2 Å². The quantitative estimate of drug-likeness (QED) is 0.474. The van der Waals surface area contributed by atoms with Crippen molar-refractivity contribution in [3.63, 3.8) is 0 Å². The third-order valence-electron chi connectivity index (χ3n) is 2.20. The lowest BCUT2D eigenvalue weighted by molar-refractivity contribution is -0.345. The molecule has 0 amide bonds. The van der Waals surface area contributed by atoms with Crippen molar-refractivity contribution < 1.29 is 18.9 Å². The Morgan fingerprint density at radius 1 is 0.750 bits per heavy atom. The molecule has 0 aromatic heterocycles. The van der Waals surface area contributed by atoms with Gasteiger partial charge in [0.1, 0.15) is 0 Å². The van der Waals surface area contributed by atoms with E-state index in [1.165, 1.54) is 0 Å². The van der Waals surface area contributed by atoms with Crippen LogP contribution in [0.4, 0.5) is 0 Å². The molecule has 0 aliphatic carbocycles. The molecule has 0 aliphatic heterocycles. The fourth-order valence-electron chi connectivity index (χ4n) is 1.26. The maximum Gasteiger partial charge on any atom is 0.436 e. The van der Waals surface area contributed by atoms with Crippen LogP contribution in [0.3, 0.4) is 0 Å². The van der Waals surface area contributed by atoms with Crippen molar-refractivity contribution in [2.24, 2.45) is 0 Å². The third kappa shape index (κ3) is 6.15. The molecule has 0 atom stereocenters. The van der Waals surface area contributed by atoms with E-state index in [1.807, 2.05) is 78.4 Å². The molecule has 114 valence electrons. The Hall–Kier alpha value is -0.723. The van der Waals surface area contributed by atoms with E-state index in [2.05, 4.69) is 0 Å². The molecule has 0 unspecified atom stereocenters. The molecule has 0 bridgehead atoms. The van der Waals surface area contributed by atoms with Crippen molar-refractivity contribution in [3.05, 3.63) is 30.3 Å². The molecule has 0 aliphatic rings. The molecule has 0 spiro atoms. The second-order valence-electron chi connectivity index (χ2n) is 6.87. The summed E-state index contributed by atoms with van der Waals surface area (Å²) in [6, 6.07) is 9.77. The summed E-state index contributed by atoms with van der Waals surface area (Å²) in [6.45, 7) is 13.5. The number of benzene rings is 1. The minimum Gasteiger partial charge on any atom is -0.242 e. The van der Waals surface area contributed by atoms with Gasteiger partial charge in [0.25, 0.3) is 0 Å². The lowest BCUT2D eigenvalue weighted by Crippen LogP contribution is -2.53. The topological polar surface area (TPSA) is 36.9 Å². The van der Waals surface area contributed by atoms with Crippen molar-refractivity contribution in [2.45, 2.75) is 59.3 Å². The predicted octanol–water partition coefficient (Wildman–Crippen LogP) is 3.46. The fourth-order valence-corrected chi connectivity index (χ4v) is 3.10. The Labute approximate surface area is 123 Å². The first-order valence-corrected chi connectivity index (χ1v) is 9.13. The van der Waals surface area contributed by atoms with Crippen molar-refractivity contribution in [1.29, 1.82) is 0 Å². The number of hydrogen-bond donors (Lipinski definition) is 0. The molecule has 20 heavy (non-hydrogen) atoms. The second-order valence-corrected chi connectivity index (χ2v) is 9.67. The highest BCUT2D eigenvalue weighted by Crippen LogP contribution is 2.18. The Morgan fingerprint density at radius 3 is 1.50 bits per heavy atom. The highest BCUT2D eigenvalue weighted by Gasteiger charge is 2.40. The Balaban J connectivity index is 2.88. The van der Waals surface area contributed by atoms with Gasteiger partial charge in [-0.3, -0.25) is 0 Å². The van der Waals surface area contributed by atoms with Crippen LogP contribution in [0.5, 0.6) is 0 Å². The van der Waals surface area contributed by atoms with E-state index >= 15 is 0 Å². The molecule has 0 N–H and O–H groups in total. The van der Waals surface area contributed by atoms with Gasteiger partial charge in [-0.25, -0.2) is 18.9 Å². The summed E-state index contributed by atoms with van der Waals surface area (Å²) in [5, 5.41) is 0.952. The van der Waals surface area contributed by atoms with E-state index in [1.54, 1.807) is 0 Å². The highest BCUT2D eigenvalue weighted by atomic mass is 28.4. The second kappa shape index (κ2) is 6.36. The Bertz CT molecular complexity index is 388. The molecule has 0 saturated carbocycles. The largest absolute Gasteiger partial charge is 0.436 e. The molecule has 1 rings (SSSR count). The zero-order valence-electron chi connectivity index (χ0n) is 13.5. The lowest BCUT2D eigenvalue weighted by Gasteiger charge is -2.31. The Kier molecular flexibility index (Phi) is 5.51. The van der Waals surface area contributed by atoms with Gasteiger partial charge >= 0.3 is 8.56 Å². The maximum atomic E-state index is 5.67. The lowest BCUT2D eigenvalue weighted by atomic mass is 10.2. The van der Waals surface area contributed by atoms with Crippen LogP contribution in [-0.4, -0.2) is 19.8 Å². The van der Waals surface area contributed by atoms with Gasteiger partial charge in [-0.15, -0.1) is 0 Å². The van der Waals surface area contributed by atoms with E-state index < -0.39 is 19.8 Å². The van der Waals surface area contributed by atoms with Gasteiger partial charge in [0, 0.05) is 0 Å². The molecule has 4 nitrogen and oxygen atoms in total. The number of hydrogen-bond acceptors (Lipinski definition) is 4. The average Bonchev–Trinajstić information content (AvgIpc) is 2.33. The standard InChI is InChI=1S/C15H26O4Si/c1-14(2,3)16-18-20(7,19-17-15(4,5)6)13-11-9-8-10-12-13/h8-12H,1-7H3. The highest BCUT2D eigenvalue weighted by molar-refractivity contribution is 6.79. The maximum absolute atomic E-state index is 5.67. The molecule has 0 saturated heterocycles. The van der Waals surface area contributed by atoms with Gasteiger partial charge in [-0.2, -0.15) is 0 Å². The van der Waals surface area contributed by atoms with E-state index in [-0.39, 0.29) is 0 Å². The molecule has 1 aromatic rings. The van der Waals surface area contributed by atoms with Crippen molar-refractivity contribution in [3.8, 4) is 0 Å². The first-order valence-electron chi connectivity index (χ1n) is 6.81. The van der Waals surface area contributed by atoms with Gasteiger partial charge in [0.15, 0.2) is 0 Å². The van der Waals surface area contributed by atoms with Crippen LogP contribution < -0.4 is 5.19 Å². The summed E-state index contributed by atoms with van der Waals surface area (Å²) in [7, 11) is -2.79. The van der Waals surface area contributed by atoms with Gasteiger partial charge < -0.3 is 0 Å². The van der Waals surface area contributed by atoms with Crippen molar-refractivity contribution in [2.75, 3.05) is 0 Å². The van der Waals surface area contributed by atoms with Crippen LogP contribution in [0.25, 0.3) is 0 Å². The summed E-state index contributed by atoms with van der Waals surface area (Å²) in [4.78, 5) is 10.9. The SMILES string of the molecule is CC(C)(C)OO[Si](C)(OOC(C)(C)C)c1ccccc1. The number of rotatable bonds is 5. The van der Waals surface area contributed by atoms with Gasteiger partial charge in [-0.05, 0) is 53.3 Å². The molecule has 0 heterocycles. The van der Waals surface area contributed by atoms with E-state index in [4.69, 9.17) is 18.9 Å². The zero-order chi connectivity index (χ0) is 15.4. The minimum atomic E-state index is -2.79. The normalized spacial score (nSPS) is 13.6. The van der Waals surface area contributed by atoms with Crippen LogP contribution >= 0.6 is 0 Å². The average molecular weight is 298 g/mol. The molecular weight excluding hydrogens is 272 g/mol.